The van der Waals surface area contributed by atoms with Crippen LogP contribution in [-0.4, -0.2) is 34.4 Å². The second-order valence-electron chi connectivity index (χ2n) is 7.09. The highest BCUT2D eigenvalue weighted by molar-refractivity contribution is 9.11. The van der Waals surface area contributed by atoms with E-state index in [-0.39, 0.29) is 23.3 Å². The molecular weight excluding hydrogens is 534 g/mol. The van der Waals surface area contributed by atoms with Gasteiger partial charge in [0.05, 0.1) is 14.5 Å². The molecule has 10 heteroatoms. The van der Waals surface area contributed by atoms with Gasteiger partial charge < -0.3 is 25.7 Å². The maximum absolute atomic E-state index is 12.7. The van der Waals surface area contributed by atoms with Gasteiger partial charge in [-0.3, -0.25) is 9.59 Å². The highest BCUT2D eigenvalue weighted by Gasteiger charge is 2.20. The molecule has 0 aromatic heterocycles. The quantitative estimate of drug-likeness (QED) is 0.223. The zero-order valence-corrected chi connectivity index (χ0v) is 19.6. The maximum atomic E-state index is 12.7. The lowest BCUT2D eigenvalue weighted by atomic mass is 9.95. The Balaban J connectivity index is 1.77. The first kappa shape index (κ1) is 23.1. The van der Waals surface area contributed by atoms with E-state index in [1.807, 2.05) is 0 Å². The van der Waals surface area contributed by atoms with E-state index >= 15 is 0 Å². The van der Waals surface area contributed by atoms with Gasteiger partial charge in [0.25, 0.3) is 11.8 Å². The summed E-state index contributed by atoms with van der Waals surface area (Å²) < 4.78 is 6.97. The monoisotopic (exact) mass is 553 g/mol. The number of oxime groups is 1. The second-order valence-corrected chi connectivity index (χ2v) is 8.80. The molecule has 1 fully saturated rings. The second kappa shape index (κ2) is 10.6. The molecular formula is C21H21Br2N3O5. The first-order valence-electron chi connectivity index (χ1n) is 9.66. The highest BCUT2D eigenvalue weighted by Crippen LogP contribution is 2.40. The van der Waals surface area contributed by atoms with Crippen LogP contribution >= 0.6 is 31.9 Å². The number of ether oxygens (including phenoxy) is 1. The molecule has 0 saturated heterocycles. The van der Waals surface area contributed by atoms with Crippen LogP contribution in [0.5, 0.6) is 17.2 Å². The Morgan fingerprint density at radius 2 is 1.77 bits per heavy atom. The van der Waals surface area contributed by atoms with Crippen LogP contribution in [0.15, 0.2) is 44.4 Å². The molecule has 2 aromatic rings. The summed E-state index contributed by atoms with van der Waals surface area (Å²) in [7, 11) is 0. The third-order valence-corrected chi connectivity index (χ3v) is 5.99. The topological polar surface area (TPSA) is 120 Å². The maximum Gasteiger partial charge on any atom is 0.270 e. The number of amides is 2. The average Bonchev–Trinajstić information content (AvgIpc) is 2.72. The normalized spacial score (nSPS) is 14.4. The van der Waals surface area contributed by atoms with E-state index < -0.39 is 5.91 Å². The van der Waals surface area contributed by atoms with Crippen molar-refractivity contribution in [2.45, 2.75) is 38.1 Å². The number of aromatic hydroxyl groups is 1. The number of hydrogen-bond acceptors (Lipinski definition) is 6. The van der Waals surface area contributed by atoms with E-state index in [2.05, 4.69) is 47.6 Å². The Morgan fingerprint density at radius 3 is 2.42 bits per heavy atom. The van der Waals surface area contributed by atoms with E-state index in [1.54, 1.807) is 18.2 Å². The predicted octanol–water partition coefficient (Wildman–Crippen LogP) is 5.17. The first-order valence-corrected chi connectivity index (χ1v) is 11.2. The van der Waals surface area contributed by atoms with E-state index in [9.17, 15) is 14.7 Å². The molecule has 3 rings (SSSR count). The third-order valence-electron chi connectivity index (χ3n) is 4.81. The largest absolute Gasteiger partial charge is 0.507 e. The van der Waals surface area contributed by atoms with Crippen molar-refractivity contribution >= 4 is 55.6 Å². The number of benzene rings is 2. The Labute approximate surface area is 195 Å². The minimum atomic E-state index is -0.595. The minimum Gasteiger partial charge on any atom is -0.507 e. The fourth-order valence-electron chi connectivity index (χ4n) is 3.34. The van der Waals surface area contributed by atoms with Crippen LogP contribution in [-0.2, 0) is 4.79 Å². The van der Waals surface area contributed by atoms with Gasteiger partial charge in [-0.05, 0) is 75.0 Å². The van der Waals surface area contributed by atoms with Gasteiger partial charge in [-0.1, -0.05) is 24.4 Å². The Hall–Kier alpha value is -2.59. The van der Waals surface area contributed by atoms with Crippen LogP contribution in [0.3, 0.4) is 0 Å². The van der Waals surface area contributed by atoms with Crippen molar-refractivity contribution in [1.29, 1.82) is 0 Å². The van der Waals surface area contributed by atoms with Gasteiger partial charge in [0.2, 0.25) is 0 Å². The molecule has 0 spiro atoms. The lowest BCUT2D eigenvalue weighted by Crippen LogP contribution is -2.36. The lowest BCUT2D eigenvalue weighted by Gasteiger charge is -2.23. The van der Waals surface area contributed by atoms with Gasteiger partial charge in [-0.25, -0.2) is 0 Å². The van der Waals surface area contributed by atoms with Crippen LogP contribution in [0.4, 0.5) is 5.69 Å². The van der Waals surface area contributed by atoms with Crippen molar-refractivity contribution < 1.29 is 24.6 Å². The summed E-state index contributed by atoms with van der Waals surface area (Å²) in [4.78, 5) is 24.2. The number of rotatable bonds is 6. The number of phenols is 1. The number of nitrogens with one attached hydrogen (secondary N) is 2. The molecule has 2 amide bonds. The molecule has 31 heavy (non-hydrogen) atoms. The van der Waals surface area contributed by atoms with Gasteiger partial charge in [0.1, 0.15) is 17.7 Å². The number of phenolic OH excluding ortho intramolecular Hbond substituents is 1. The number of anilines is 1. The molecule has 2 aromatic carbocycles. The SMILES string of the molecule is O=C(/C=N/O)Nc1cc(Br)c(Oc2ccc(O)c(C(=O)NC3CCCCC3)c2)c(Br)c1. The summed E-state index contributed by atoms with van der Waals surface area (Å²) in [5, 5.41) is 26.8. The lowest BCUT2D eigenvalue weighted by molar-refractivity contribution is -0.110. The number of hydrogen-bond donors (Lipinski definition) is 4. The number of halogens is 2. The summed E-state index contributed by atoms with van der Waals surface area (Å²) in [6, 6.07) is 7.79. The Bertz CT molecular complexity index is 983. The fourth-order valence-corrected chi connectivity index (χ4v) is 4.69. The Kier molecular flexibility index (Phi) is 7.91. The van der Waals surface area contributed by atoms with Crippen LogP contribution in [0.1, 0.15) is 42.5 Å². The predicted molar refractivity (Wildman–Crippen MR) is 123 cm³/mol. The van der Waals surface area contributed by atoms with Crippen LogP contribution < -0.4 is 15.4 Å². The molecule has 1 aliphatic carbocycles. The van der Waals surface area contributed by atoms with Crippen molar-refractivity contribution in [3.05, 3.63) is 44.8 Å². The van der Waals surface area contributed by atoms with Crippen molar-refractivity contribution in [1.82, 2.24) is 5.32 Å². The Morgan fingerprint density at radius 1 is 1.10 bits per heavy atom. The van der Waals surface area contributed by atoms with Crippen LogP contribution in [0, 0.1) is 0 Å². The molecule has 0 heterocycles. The molecule has 0 bridgehead atoms. The molecule has 0 aliphatic heterocycles. The third kappa shape index (κ3) is 6.20. The van der Waals surface area contributed by atoms with Crippen molar-refractivity contribution in [3.63, 3.8) is 0 Å². The van der Waals surface area contributed by atoms with Crippen LogP contribution in [0.25, 0.3) is 0 Å². The molecule has 0 unspecified atom stereocenters. The van der Waals surface area contributed by atoms with E-state index in [1.165, 1.54) is 18.6 Å². The standard InChI is InChI=1S/C21H21Br2N3O5/c22-16-8-13(25-19(28)11-24-30)9-17(23)20(16)31-14-6-7-18(27)15(10-14)21(29)26-12-4-2-1-3-5-12/h6-12,27,30H,1-5H2,(H,25,28)(H,26,29)/b24-11+. The molecule has 4 N–H and O–H groups in total. The minimum absolute atomic E-state index is 0.118. The first-order chi connectivity index (χ1) is 14.9. The van der Waals surface area contributed by atoms with Crippen LogP contribution in [0.2, 0.25) is 0 Å². The number of nitrogens with zero attached hydrogens (tertiary/aromatic N) is 1. The average molecular weight is 555 g/mol. The summed E-state index contributed by atoms with van der Waals surface area (Å²) in [5.74, 6) is -0.281. The smallest absolute Gasteiger partial charge is 0.270 e. The fraction of sp³-hybridized carbons (Fsp3) is 0.286. The molecule has 1 aliphatic rings. The van der Waals surface area contributed by atoms with Crippen molar-refractivity contribution in [2.75, 3.05) is 5.32 Å². The van der Waals surface area contributed by atoms with E-state index in [0.717, 1.165) is 31.9 Å². The zero-order valence-electron chi connectivity index (χ0n) is 16.4. The summed E-state index contributed by atoms with van der Waals surface area (Å²) in [5.41, 5.74) is 0.580. The van der Waals surface area contributed by atoms with Gasteiger partial charge >= 0.3 is 0 Å². The van der Waals surface area contributed by atoms with Gasteiger partial charge in [-0.2, -0.15) is 0 Å². The summed E-state index contributed by atoms with van der Waals surface area (Å²) >= 11 is 6.79. The van der Waals surface area contributed by atoms with Gasteiger partial charge in [-0.15, -0.1) is 0 Å². The summed E-state index contributed by atoms with van der Waals surface area (Å²) in [6.07, 6.45) is 5.98. The van der Waals surface area contributed by atoms with E-state index in [4.69, 9.17) is 9.94 Å². The molecule has 1 saturated carbocycles. The summed E-state index contributed by atoms with van der Waals surface area (Å²) in [6.45, 7) is 0. The van der Waals surface area contributed by atoms with Crippen molar-refractivity contribution in [3.8, 4) is 17.2 Å². The van der Waals surface area contributed by atoms with Gasteiger partial charge in [0, 0.05) is 11.7 Å². The molecule has 0 radical (unpaired) electrons. The highest BCUT2D eigenvalue weighted by atomic mass is 79.9. The van der Waals surface area contributed by atoms with Crippen molar-refractivity contribution in [2.24, 2.45) is 5.16 Å². The zero-order chi connectivity index (χ0) is 22.4. The molecule has 8 nitrogen and oxygen atoms in total. The number of carbonyl (C=O) groups is 2. The number of carbonyl (C=O) groups excluding carboxylic acids is 2. The molecule has 0 atom stereocenters. The van der Waals surface area contributed by atoms with Gasteiger partial charge in [0.15, 0.2) is 5.75 Å². The van der Waals surface area contributed by atoms with E-state index in [0.29, 0.717) is 26.1 Å². The molecule has 164 valence electrons.